The Morgan fingerprint density at radius 3 is 2.82 bits per heavy atom. The van der Waals surface area contributed by atoms with E-state index in [-0.39, 0.29) is 0 Å². The third-order valence-corrected chi connectivity index (χ3v) is 4.46. The second kappa shape index (κ2) is 4.11. The minimum absolute atomic E-state index is 0.316. The zero-order chi connectivity index (χ0) is 11.8. The van der Waals surface area contributed by atoms with Crippen LogP contribution >= 0.6 is 11.3 Å². The van der Waals surface area contributed by atoms with Crippen LogP contribution in [0.15, 0.2) is 34.6 Å². The molecule has 2 heteroatoms. The summed E-state index contributed by atoms with van der Waals surface area (Å²) in [5.74, 6) is 0. The number of hydrogen-bond acceptors (Lipinski definition) is 2. The molecule has 0 saturated carbocycles. The number of thiophene rings is 1. The fourth-order valence-electron chi connectivity index (χ4n) is 2.53. The average Bonchev–Trinajstić information content (AvgIpc) is 2.68. The van der Waals surface area contributed by atoms with E-state index in [0.717, 1.165) is 6.42 Å². The van der Waals surface area contributed by atoms with Gasteiger partial charge in [0.05, 0.1) is 6.04 Å². The first-order chi connectivity index (χ1) is 8.25. The molecular formula is C15H15NS. The standard InChI is InChI=1S/C15H15NS/c1-10-9-17-11(2)15(10)14-7-12-5-3-4-6-13(12)8-16-14/h3-6,8-9,14H,7H2,1-2H3. The minimum Gasteiger partial charge on any atom is -0.284 e. The Balaban J connectivity index is 2.00. The Bertz CT molecular complexity index is 561. The molecule has 1 unspecified atom stereocenters. The molecular weight excluding hydrogens is 226 g/mol. The molecule has 0 radical (unpaired) electrons. The zero-order valence-electron chi connectivity index (χ0n) is 10.1. The lowest BCUT2D eigenvalue weighted by atomic mass is 9.92. The Kier molecular flexibility index (Phi) is 2.60. The van der Waals surface area contributed by atoms with E-state index in [2.05, 4.69) is 43.5 Å². The van der Waals surface area contributed by atoms with Crippen molar-refractivity contribution in [3.8, 4) is 0 Å². The van der Waals surface area contributed by atoms with Crippen molar-refractivity contribution >= 4 is 17.6 Å². The van der Waals surface area contributed by atoms with Crippen molar-refractivity contribution in [1.29, 1.82) is 0 Å². The number of fused-ring (bicyclic) bond motifs is 1. The summed E-state index contributed by atoms with van der Waals surface area (Å²) in [5.41, 5.74) is 5.50. The number of benzene rings is 1. The van der Waals surface area contributed by atoms with Gasteiger partial charge in [-0.3, -0.25) is 4.99 Å². The molecule has 2 aromatic rings. The largest absolute Gasteiger partial charge is 0.284 e. The molecule has 86 valence electrons. The maximum Gasteiger partial charge on any atom is 0.0802 e. The number of rotatable bonds is 1. The van der Waals surface area contributed by atoms with Gasteiger partial charge in [-0.05, 0) is 47.9 Å². The maximum atomic E-state index is 4.72. The average molecular weight is 241 g/mol. The molecule has 1 aliphatic heterocycles. The molecule has 3 rings (SSSR count). The van der Waals surface area contributed by atoms with Crippen LogP contribution in [0.5, 0.6) is 0 Å². The highest BCUT2D eigenvalue weighted by molar-refractivity contribution is 7.10. The second-order valence-corrected chi connectivity index (χ2v) is 5.67. The van der Waals surface area contributed by atoms with E-state index < -0.39 is 0 Å². The van der Waals surface area contributed by atoms with Gasteiger partial charge in [0.2, 0.25) is 0 Å². The molecule has 17 heavy (non-hydrogen) atoms. The Morgan fingerprint density at radius 2 is 2.06 bits per heavy atom. The lowest BCUT2D eigenvalue weighted by molar-refractivity contribution is 0.711. The van der Waals surface area contributed by atoms with Crippen LogP contribution in [0.4, 0.5) is 0 Å². The highest BCUT2D eigenvalue weighted by Crippen LogP contribution is 2.34. The summed E-state index contributed by atoms with van der Waals surface area (Å²) in [4.78, 5) is 6.12. The lowest BCUT2D eigenvalue weighted by Crippen LogP contribution is -2.09. The molecule has 0 spiro atoms. The van der Waals surface area contributed by atoms with Crippen LogP contribution in [0.25, 0.3) is 0 Å². The summed E-state index contributed by atoms with van der Waals surface area (Å²) in [6, 6.07) is 8.86. The van der Waals surface area contributed by atoms with E-state index in [1.807, 2.05) is 17.6 Å². The molecule has 1 atom stereocenters. The van der Waals surface area contributed by atoms with Gasteiger partial charge < -0.3 is 0 Å². The number of aliphatic imine (C=N–C) groups is 1. The minimum atomic E-state index is 0.316. The van der Waals surface area contributed by atoms with Crippen LogP contribution in [-0.4, -0.2) is 6.21 Å². The van der Waals surface area contributed by atoms with Gasteiger partial charge in [0.1, 0.15) is 0 Å². The predicted molar refractivity (Wildman–Crippen MR) is 74.3 cm³/mol. The van der Waals surface area contributed by atoms with E-state index >= 15 is 0 Å². The van der Waals surface area contributed by atoms with Crippen molar-refractivity contribution in [3.63, 3.8) is 0 Å². The summed E-state index contributed by atoms with van der Waals surface area (Å²) < 4.78 is 0. The van der Waals surface area contributed by atoms with Gasteiger partial charge >= 0.3 is 0 Å². The third kappa shape index (κ3) is 1.83. The monoisotopic (exact) mass is 241 g/mol. The Labute approximate surface area is 106 Å². The summed E-state index contributed by atoms with van der Waals surface area (Å²) in [6.45, 7) is 4.39. The molecule has 0 fully saturated rings. The molecule has 0 aliphatic carbocycles. The maximum absolute atomic E-state index is 4.72. The van der Waals surface area contributed by atoms with Crippen molar-refractivity contribution < 1.29 is 0 Å². The summed E-state index contributed by atoms with van der Waals surface area (Å²) >= 11 is 1.83. The molecule has 1 aromatic heterocycles. The van der Waals surface area contributed by atoms with Gasteiger partial charge in [-0.1, -0.05) is 24.3 Å². The van der Waals surface area contributed by atoms with Crippen LogP contribution in [0, 0.1) is 13.8 Å². The van der Waals surface area contributed by atoms with Crippen LogP contribution in [0.1, 0.15) is 33.2 Å². The van der Waals surface area contributed by atoms with E-state index in [4.69, 9.17) is 4.99 Å². The fourth-order valence-corrected chi connectivity index (χ4v) is 3.44. The molecule has 1 aromatic carbocycles. The van der Waals surface area contributed by atoms with Gasteiger partial charge in [-0.2, -0.15) is 0 Å². The summed E-state index contributed by atoms with van der Waals surface area (Å²) in [5, 5.41) is 2.24. The first-order valence-electron chi connectivity index (χ1n) is 5.91. The van der Waals surface area contributed by atoms with Gasteiger partial charge in [0.25, 0.3) is 0 Å². The molecule has 1 nitrogen and oxygen atoms in total. The fraction of sp³-hybridized carbons (Fsp3) is 0.267. The first kappa shape index (κ1) is 10.7. The van der Waals surface area contributed by atoms with Crippen molar-refractivity contribution in [2.45, 2.75) is 26.3 Å². The molecule has 0 amide bonds. The van der Waals surface area contributed by atoms with Crippen LogP contribution in [0.3, 0.4) is 0 Å². The van der Waals surface area contributed by atoms with Gasteiger partial charge in [0, 0.05) is 11.1 Å². The van der Waals surface area contributed by atoms with E-state index in [9.17, 15) is 0 Å². The number of aryl methyl sites for hydroxylation is 2. The SMILES string of the molecule is Cc1csc(C)c1C1Cc2ccccc2C=N1. The van der Waals surface area contributed by atoms with Crippen molar-refractivity contribution in [1.82, 2.24) is 0 Å². The van der Waals surface area contributed by atoms with E-state index in [1.54, 1.807) is 0 Å². The van der Waals surface area contributed by atoms with Gasteiger partial charge in [0.15, 0.2) is 0 Å². The second-order valence-electron chi connectivity index (χ2n) is 4.59. The quantitative estimate of drug-likeness (QED) is 0.713. The highest BCUT2D eigenvalue weighted by atomic mass is 32.1. The van der Waals surface area contributed by atoms with E-state index in [1.165, 1.54) is 27.1 Å². The topological polar surface area (TPSA) is 12.4 Å². The molecule has 2 heterocycles. The first-order valence-corrected chi connectivity index (χ1v) is 6.79. The highest BCUT2D eigenvalue weighted by Gasteiger charge is 2.20. The molecule has 1 aliphatic rings. The number of nitrogens with zero attached hydrogens (tertiary/aromatic N) is 1. The van der Waals surface area contributed by atoms with E-state index in [0.29, 0.717) is 6.04 Å². The lowest BCUT2D eigenvalue weighted by Gasteiger charge is -2.19. The Morgan fingerprint density at radius 1 is 1.24 bits per heavy atom. The number of hydrogen-bond donors (Lipinski definition) is 0. The van der Waals surface area contributed by atoms with Crippen LogP contribution in [0.2, 0.25) is 0 Å². The molecule has 0 saturated heterocycles. The summed E-state index contributed by atoms with van der Waals surface area (Å²) in [6.07, 6.45) is 3.06. The van der Waals surface area contributed by atoms with Gasteiger partial charge in [-0.25, -0.2) is 0 Å². The van der Waals surface area contributed by atoms with Gasteiger partial charge in [-0.15, -0.1) is 11.3 Å². The van der Waals surface area contributed by atoms with Crippen molar-refractivity contribution in [2.24, 2.45) is 4.99 Å². The van der Waals surface area contributed by atoms with Crippen LogP contribution in [-0.2, 0) is 6.42 Å². The Hall–Kier alpha value is -1.41. The summed E-state index contributed by atoms with van der Waals surface area (Å²) in [7, 11) is 0. The predicted octanol–water partition coefficient (Wildman–Crippen LogP) is 4.08. The van der Waals surface area contributed by atoms with Crippen molar-refractivity contribution in [3.05, 3.63) is 56.8 Å². The van der Waals surface area contributed by atoms with Crippen molar-refractivity contribution in [2.75, 3.05) is 0 Å². The smallest absolute Gasteiger partial charge is 0.0802 e. The zero-order valence-corrected chi connectivity index (χ0v) is 10.9. The third-order valence-electron chi connectivity index (χ3n) is 3.41. The normalized spacial score (nSPS) is 18.1. The van der Waals surface area contributed by atoms with Crippen LogP contribution < -0.4 is 0 Å². The molecule has 0 N–H and O–H groups in total. The molecule has 0 bridgehead atoms.